The molecule has 2 aromatic carbocycles. The summed E-state index contributed by atoms with van der Waals surface area (Å²) in [5, 5.41) is 0. The third-order valence-corrected chi connectivity index (χ3v) is 7.42. The zero-order valence-corrected chi connectivity index (χ0v) is 23.1. The normalized spacial score (nSPS) is 14.9. The Bertz CT molecular complexity index is 1790. The minimum absolute atomic E-state index is 0.196. The topological polar surface area (TPSA) is 109 Å². The number of thiazole rings is 1. The lowest BCUT2D eigenvalue weighted by atomic mass is 9.96. The molecule has 0 radical (unpaired) electrons. The van der Waals surface area contributed by atoms with E-state index in [-0.39, 0.29) is 12.2 Å². The van der Waals surface area contributed by atoms with Crippen LogP contribution in [0.5, 0.6) is 5.75 Å². The molecule has 0 unspecified atom stereocenters. The molecule has 0 saturated heterocycles. The van der Waals surface area contributed by atoms with Gasteiger partial charge in [-0.1, -0.05) is 35.6 Å². The molecule has 0 fully saturated rings. The van der Waals surface area contributed by atoms with Crippen LogP contribution in [0.2, 0.25) is 0 Å². The average Bonchev–Trinajstić information content (AvgIpc) is 3.56. The molecule has 0 saturated carbocycles. The summed E-state index contributed by atoms with van der Waals surface area (Å²) in [6.45, 7) is 3.67. The third kappa shape index (κ3) is 5.01. The predicted octanol–water partition coefficient (Wildman–Crippen LogP) is 3.85. The first-order chi connectivity index (χ1) is 19.3. The van der Waals surface area contributed by atoms with Gasteiger partial charge in [0.15, 0.2) is 4.80 Å². The molecule has 4 aromatic rings. The maximum Gasteiger partial charge on any atom is 0.338 e. The van der Waals surface area contributed by atoms with Crippen LogP contribution in [0.15, 0.2) is 86.1 Å². The first-order valence-corrected chi connectivity index (χ1v) is 13.3. The lowest BCUT2D eigenvalue weighted by Gasteiger charge is -2.24. The van der Waals surface area contributed by atoms with Gasteiger partial charge in [-0.3, -0.25) is 9.36 Å². The number of hydrogen-bond donors (Lipinski definition) is 0. The van der Waals surface area contributed by atoms with E-state index in [0.29, 0.717) is 43.4 Å². The van der Waals surface area contributed by atoms with Crippen molar-refractivity contribution in [3.8, 4) is 17.1 Å². The Morgan fingerprint density at radius 2 is 1.75 bits per heavy atom. The van der Waals surface area contributed by atoms with Crippen molar-refractivity contribution < 1.29 is 28.2 Å². The minimum Gasteiger partial charge on any atom is -0.497 e. The zero-order valence-electron chi connectivity index (χ0n) is 22.3. The van der Waals surface area contributed by atoms with E-state index in [1.807, 2.05) is 12.1 Å². The molecule has 0 N–H and O–H groups in total. The van der Waals surface area contributed by atoms with Crippen LogP contribution in [0.4, 0.5) is 0 Å². The van der Waals surface area contributed by atoms with Crippen LogP contribution in [0.25, 0.3) is 17.4 Å². The second kappa shape index (κ2) is 11.2. The summed E-state index contributed by atoms with van der Waals surface area (Å²) < 4.78 is 23.3. The second-order valence-corrected chi connectivity index (χ2v) is 9.86. The fourth-order valence-electron chi connectivity index (χ4n) is 4.50. The maximum absolute atomic E-state index is 13.8. The zero-order chi connectivity index (χ0) is 28.4. The van der Waals surface area contributed by atoms with Gasteiger partial charge in [0.1, 0.15) is 17.3 Å². The van der Waals surface area contributed by atoms with Gasteiger partial charge >= 0.3 is 11.9 Å². The van der Waals surface area contributed by atoms with E-state index < -0.39 is 18.0 Å². The van der Waals surface area contributed by atoms with E-state index in [2.05, 4.69) is 4.99 Å². The molecule has 1 aliphatic heterocycles. The maximum atomic E-state index is 13.8. The summed E-state index contributed by atoms with van der Waals surface area (Å²) in [5.74, 6) is 0.763. The van der Waals surface area contributed by atoms with Gasteiger partial charge in [-0.05, 0) is 55.8 Å². The summed E-state index contributed by atoms with van der Waals surface area (Å²) in [7, 11) is 2.90. The number of carbonyl (C=O) groups excluding carboxylic acids is 2. The number of rotatable bonds is 7. The van der Waals surface area contributed by atoms with Gasteiger partial charge in [0.05, 0.1) is 48.2 Å². The van der Waals surface area contributed by atoms with Gasteiger partial charge in [0.25, 0.3) is 5.56 Å². The molecule has 40 heavy (non-hydrogen) atoms. The van der Waals surface area contributed by atoms with E-state index >= 15 is 0 Å². The molecule has 10 heteroatoms. The van der Waals surface area contributed by atoms with Crippen LogP contribution < -0.4 is 19.6 Å². The number of carbonyl (C=O) groups is 2. The highest BCUT2D eigenvalue weighted by Crippen LogP contribution is 2.31. The summed E-state index contributed by atoms with van der Waals surface area (Å²) in [6, 6.07) is 16.9. The molecule has 5 rings (SSSR count). The van der Waals surface area contributed by atoms with Crippen LogP contribution in [0.1, 0.15) is 41.6 Å². The van der Waals surface area contributed by atoms with Gasteiger partial charge in [0.2, 0.25) is 0 Å². The number of aromatic nitrogens is 1. The van der Waals surface area contributed by atoms with E-state index in [1.165, 1.54) is 23.0 Å². The molecule has 0 amide bonds. The van der Waals surface area contributed by atoms with Gasteiger partial charge in [-0.25, -0.2) is 14.6 Å². The SMILES string of the molecule is CCOC(=O)C1=C(C)N=c2s/c(=C/c3ccc(-c4ccc(C(=O)OC)cc4)o3)c(=O)n2[C@@H]1c1ccc(OC)cc1. The predicted molar refractivity (Wildman–Crippen MR) is 149 cm³/mol. The lowest BCUT2D eigenvalue weighted by molar-refractivity contribution is -0.139. The van der Waals surface area contributed by atoms with E-state index in [9.17, 15) is 14.4 Å². The lowest BCUT2D eigenvalue weighted by Crippen LogP contribution is -2.39. The van der Waals surface area contributed by atoms with Crippen molar-refractivity contribution in [1.29, 1.82) is 0 Å². The smallest absolute Gasteiger partial charge is 0.338 e. The standard InChI is InChI=1S/C30H26N2O7S/c1-5-38-29(35)25-17(2)31-30-32(26(25)19-10-12-21(36-3)13-11-19)27(33)24(40-30)16-22-14-15-23(39-22)18-6-8-20(9-7-18)28(34)37-4/h6-16,26H,5H2,1-4H3/b24-16+/t26-/m1/s1. The van der Waals surface area contributed by atoms with Crippen molar-refractivity contribution in [2.24, 2.45) is 4.99 Å². The largest absolute Gasteiger partial charge is 0.497 e. The highest BCUT2D eigenvalue weighted by atomic mass is 32.1. The molecule has 9 nitrogen and oxygen atoms in total. The first kappa shape index (κ1) is 26.9. The number of hydrogen-bond acceptors (Lipinski definition) is 9. The number of nitrogens with zero attached hydrogens (tertiary/aromatic N) is 2. The number of ether oxygens (including phenoxy) is 3. The van der Waals surface area contributed by atoms with Crippen LogP contribution in [0, 0.1) is 0 Å². The molecular weight excluding hydrogens is 532 g/mol. The van der Waals surface area contributed by atoms with Gasteiger partial charge in [0, 0.05) is 11.6 Å². The number of methoxy groups -OCH3 is 2. The fourth-order valence-corrected chi connectivity index (χ4v) is 5.52. The molecule has 204 valence electrons. The van der Waals surface area contributed by atoms with Crippen molar-refractivity contribution >= 4 is 29.4 Å². The Balaban J connectivity index is 1.57. The molecule has 1 aliphatic rings. The molecule has 0 aliphatic carbocycles. The summed E-state index contributed by atoms with van der Waals surface area (Å²) in [4.78, 5) is 43.6. The van der Waals surface area contributed by atoms with Crippen LogP contribution in [-0.2, 0) is 14.3 Å². The van der Waals surface area contributed by atoms with E-state index in [1.54, 1.807) is 75.6 Å². The Kier molecular flexibility index (Phi) is 7.52. The first-order valence-electron chi connectivity index (χ1n) is 12.5. The highest BCUT2D eigenvalue weighted by Gasteiger charge is 2.33. The number of fused-ring (bicyclic) bond motifs is 1. The number of furan rings is 1. The van der Waals surface area contributed by atoms with E-state index in [4.69, 9.17) is 18.6 Å². The average molecular weight is 559 g/mol. The van der Waals surface area contributed by atoms with Gasteiger partial charge < -0.3 is 18.6 Å². The van der Waals surface area contributed by atoms with Crippen molar-refractivity contribution in [2.75, 3.05) is 20.8 Å². The Morgan fingerprint density at radius 3 is 2.40 bits per heavy atom. The van der Waals surface area contributed by atoms with E-state index in [0.717, 1.165) is 11.1 Å². The molecule has 3 heterocycles. The van der Waals surface area contributed by atoms with Crippen molar-refractivity contribution in [2.45, 2.75) is 19.9 Å². The minimum atomic E-state index is -0.719. The molecule has 1 atom stereocenters. The molecule has 0 spiro atoms. The van der Waals surface area contributed by atoms with Crippen LogP contribution >= 0.6 is 11.3 Å². The highest BCUT2D eigenvalue weighted by molar-refractivity contribution is 7.07. The summed E-state index contributed by atoms with van der Waals surface area (Å²) >= 11 is 1.21. The molecule has 0 bridgehead atoms. The number of esters is 2. The second-order valence-electron chi connectivity index (χ2n) is 8.85. The Labute approximate surface area is 233 Å². The number of benzene rings is 2. The Hall–Kier alpha value is -4.70. The fraction of sp³-hybridized carbons (Fsp3) is 0.200. The van der Waals surface area contributed by atoms with Gasteiger partial charge in [-0.2, -0.15) is 0 Å². The van der Waals surface area contributed by atoms with Crippen LogP contribution in [-0.4, -0.2) is 37.3 Å². The van der Waals surface area contributed by atoms with Crippen molar-refractivity contribution in [1.82, 2.24) is 4.57 Å². The van der Waals surface area contributed by atoms with Crippen molar-refractivity contribution in [3.63, 3.8) is 0 Å². The monoisotopic (exact) mass is 558 g/mol. The van der Waals surface area contributed by atoms with Crippen molar-refractivity contribution in [3.05, 3.63) is 109 Å². The van der Waals surface area contributed by atoms with Gasteiger partial charge in [-0.15, -0.1) is 0 Å². The molecule has 2 aromatic heterocycles. The summed E-state index contributed by atoms with van der Waals surface area (Å²) in [6.07, 6.45) is 1.66. The molecular formula is C30H26N2O7S. The summed E-state index contributed by atoms with van der Waals surface area (Å²) in [5.41, 5.74) is 2.41. The third-order valence-electron chi connectivity index (χ3n) is 6.44. The Morgan fingerprint density at radius 1 is 1.02 bits per heavy atom. The quantitative estimate of drug-likeness (QED) is 0.317. The van der Waals surface area contributed by atoms with Crippen LogP contribution in [0.3, 0.4) is 0 Å². The number of allylic oxidation sites excluding steroid dienone is 1.